The second-order valence-corrected chi connectivity index (χ2v) is 4.75. The van der Waals surface area contributed by atoms with Gasteiger partial charge in [-0.05, 0) is 24.1 Å². The van der Waals surface area contributed by atoms with Crippen LogP contribution in [0.15, 0.2) is 48.7 Å². The average molecular weight is 268 g/mol. The van der Waals surface area contributed by atoms with E-state index in [1.165, 1.54) is 0 Å². The van der Waals surface area contributed by atoms with E-state index in [-0.39, 0.29) is 5.91 Å². The van der Waals surface area contributed by atoms with Gasteiger partial charge >= 0.3 is 0 Å². The lowest BCUT2D eigenvalue weighted by Gasteiger charge is -2.32. The lowest BCUT2D eigenvalue weighted by Crippen LogP contribution is -2.45. The first-order valence-corrected chi connectivity index (χ1v) is 6.76. The quantitative estimate of drug-likeness (QED) is 0.859. The van der Waals surface area contributed by atoms with Crippen molar-refractivity contribution >= 4 is 11.7 Å². The number of anilines is 1. The Hall–Kier alpha value is -2.36. The van der Waals surface area contributed by atoms with Crippen LogP contribution in [0.1, 0.15) is 18.9 Å². The lowest BCUT2D eigenvalue weighted by molar-refractivity contribution is -0.126. The minimum Gasteiger partial charge on any atom is -0.477 e. The molecular formula is C16H16N2O2. The van der Waals surface area contributed by atoms with Crippen LogP contribution in [-0.4, -0.2) is 17.0 Å². The third-order valence-electron chi connectivity index (χ3n) is 3.37. The molecule has 1 aromatic carbocycles. The van der Waals surface area contributed by atoms with Gasteiger partial charge in [-0.25, -0.2) is 4.98 Å². The van der Waals surface area contributed by atoms with Gasteiger partial charge in [-0.15, -0.1) is 0 Å². The maximum absolute atomic E-state index is 12.5. The van der Waals surface area contributed by atoms with Gasteiger partial charge in [0.05, 0.1) is 6.54 Å². The third-order valence-corrected chi connectivity index (χ3v) is 3.37. The fourth-order valence-corrected chi connectivity index (χ4v) is 2.34. The molecule has 0 aliphatic carbocycles. The Morgan fingerprint density at radius 1 is 1.20 bits per heavy atom. The molecule has 0 bridgehead atoms. The predicted octanol–water partition coefficient (Wildman–Crippen LogP) is 2.79. The number of hydrogen-bond acceptors (Lipinski definition) is 3. The number of amides is 1. The molecule has 0 saturated carbocycles. The molecule has 0 saturated heterocycles. The molecule has 0 N–H and O–H groups in total. The number of pyridine rings is 1. The monoisotopic (exact) mass is 268 g/mol. The Bertz CT molecular complexity index is 613. The van der Waals surface area contributed by atoms with Crippen LogP contribution >= 0.6 is 0 Å². The van der Waals surface area contributed by atoms with Crippen LogP contribution in [0.2, 0.25) is 0 Å². The Morgan fingerprint density at radius 2 is 2.00 bits per heavy atom. The zero-order valence-corrected chi connectivity index (χ0v) is 11.3. The van der Waals surface area contributed by atoms with Gasteiger partial charge in [-0.1, -0.05) is 37.3 Å². The van der Waals surface area contributed by atoms with Crippen molar-refractivity contribution in [1.29, 1.82) is 0 Å². The van der Waals surface area contributed by atoms with Gasteiger partial charge in [0, 0.05) is 6.20 Å². The van der Waals surface area contributed by atoms with E-state index in [1.54, 1.807) is 11.1 Å². The van der Waals surface area contributed by atoms with E-state index < -0.39 is 6.10 Å². The molecule has 102 valence electrons. The first-order chi connectivity index (χ1) is 9.79. The first-order valence-electron chi connectivity index (χ1n) is 6.76. The number of rotatable bonds is 3. The molecule has 1 unspecified atom stereocenters. The Balaban J connectivity index is 1.97. The standard InChI is InChI=1S/C16H16N2O2/c1-2-13-16(19)18(11-12-7-4-3-5-8-12)15-14(20-13)9-6-10-17-15/h3-10,13H,2,11H2,1H3. The number of aromatic nitrogens is 1. The second-order valence-electron chi connectivity index (χ2n) is 4.75. The van der Waals surface area contributed by atoms with Gasteiger partial charge in [0.1, 0.15) is 0 Å². The van der Waals surface area contributed by atoms with Crippen LogP contribution in [-0.2, 0) is 11.3 Å². The van der Waals surface area contributed by atoms with E-state index in [0.29, 0.717) is 24.5 Å². The van der Waals surface area contributed by atoms with Crippen LogP contribution in [0.3, 0.4) is 0 Å². The molecule has 2 heterocycles. The topological polar surface area (TPSA) is 42.4 Å². The van der Waals surface area contributed by atoms with Crippen LogP contribution in [0.25, 0.3) is 0 Å². The summed E-state index contributed by atoms with van der Waals surface area (Å²) < 4.78 is 5.71. The zero-order valence-electron chi connectivity index (χ0n) is 11.3. The highest BCUT2D eigenvalue weighted by Gasteiger charge is 2.34. The molecule has 3 rings (SSSR count). The molecule has 1 aliphatic rings. The summed E-state index contributed by atoms with van der Waals surface area (Å²) in [6.07, 6.45) is 1.91. The normalized spacial score (nSPS) is 17.6. The van der Waals surface area contributed by atoms with Gasteiger partial charge in [0.25, 0.3) is 5.91 Å². The summed E-state index contributed by atoms with van der Waals surface area (Å²) in [6.45, 7) is 2.47. The van der Waals surface area contributed by atoms with E-state index in [2.05, 4.69) is 4.98 Å². The van der Waals surface area contributed by atoms with Crippen molar-refractivity contribution < 1.29 is 9.53 Å². The number of fused-ring (bicyclic) bond motifs is 1. The smallest absolute Gasteiger partial charge is 0.269 e. The molecule has 4 nitrogen and oxygen atoms in total. The summed E-state index contributed by atoms with van der Waals surface area (Å²) in [5, 5.41) is 0. The summed E-state index contributed by atoms with van der Waals surface area (Å²) in [5.41, 5.74) is 1.08. The largest absolute Gasteiger partial charge is 0.477 e. The second kappa shape index (κ2) is 5.33. The number of ether oxygens (including phenoxy) is 1. The predicted molar refractivity (Wildman–Crippen MR) is 76.6 cm³/mol. The highest BCUT2D eigenvalue weighted by atomic mass is 16.5. The van der Waals surface area contributed by atoms with Crippen molar-refractivity contribution in [2.24, 2.45) is 0 Å². The average Bonchev–Trinajstić information content (AvgIpc) is 2.51. The number of carbonyl (C=O) groups is 1. The molecule has 2 aromatic rings. The van der Waals surface area contributed by atoms with Crippen LogP contribution in [0.5, 0.6) is 5.75 Å². The summed E-state index contributed by atoms with van der Waals surface area (Å²) in [5.74, 6) is 1.25. The van der Waals surface area contributed by atoms with Gasteiger partial charge in [-0.2, -0.15) is 0 Å². The van der Waals surface area contributed by atoms with Crippen LogP contribution < -0.4 is 9.64 Å². The molecule has 4 heteroatoms. The molecular weight excluding hydrogens is 252 g/mol. The molecule has 1 atom stereocenters. The van der Waals surface area contributed by atoms with Crippen molar-refractivity contribution in [3.8, 4) is 5.75 Å². The summed E-state index contributed by atoms with van der Waals surface area (Å²) in [6, 6.07) is 13.6. The lowest BCUT2D eigenvalue weighted by atomic mass is 10.1. The summed E-state index contributed by atoms with van der Waals surface area (Å²) >= 11 is 0. The van der Waals surface area contributed by atoms with E-state index in [4.69, 9.17) is 4.74 Å². The van der Waals surface area contributed by atoms with Gasteiger partial charge in [-0.3, -0.25) is 9.69 Å². The third kappa shape index (κ3) is 2.25. The molecule has 1 aromatic heterocycles. The maximum atomic E-state index is 12.5. The molecule has 0 spiro atoms. The molecule has 20 heavy (non-hydrogen) atoms. The maximum Gasteiger partial charge on any atom is 0.269 e. The highest BCUT2D eigenvalue weighted by Crippen LogP contribution is 2.33. The van der Waals surface area contributed by atoms with E-state index >= 15 is 0 Å². The van der Waals surface area contributed by atoms with Crippen LogP contribution in [0.4, 0.5) is 5.82 Å². The van der Waals surface area contributed by atoms with E-state index in [9.17, 15) is 4.79 Å². The Labute approximate surface area is 118 Å². The van der Waals surface area contributed by atoms with Crippen molar-refractivity contribution in [1.82, 2.24) is 4.98 Å². The Morgan fingerprint density at radius 3 is 2.75 bits per heavy atom. The van der Waals surface area contributed by atoms with Gasteiger partial charge in [0.15, 0.2) is 17.7 Å². The summed E-state index contributed by atoms with van der Waals surface area (Å²) in [7, 11) is 0. The Kier molecular flexibility index (Phi) is 3.37. The number of hydrogen-bond donors (Lipinski definition) is 0. The minimum absolute atomic E-state index is 0.0254. The molecule has 1 aliphatic heterocycles. The molecule has 0 radical (unpaired) electrons. The number of nitrogens with zero attached hydrogens (tertiary/aromatic N) is 2. The number of benzene rings is 1. The van der Waals surface area contributed by atoms with Gasteiger partial charge < -0.3 is 4.74 Å². The zero-order chi connectivity index (χ0) is 13.9. The minimum atomic E-state index is -0.421. The van der Waals surface area contributed by atoms with Crippen molar-refractivity contribution in [2.45, 2.75) is 26.0 Å². The highest BCUT2D eigenvalue weighted by molar-refractivity contribution is 5.98. The fraction of sp³-hybridized carbons (Fsp3) is 0.250. The van der Waals surface area contributed by atoms with Crippen molar-refractivity contribution in [2.75, 3.05) is 4.90 Å². The van der Waals surface area contributed by atoms with Gasteiger partial charge in [0.2, 0.25) is 0 Å². The SMILES string of the molecule is CCC1Oc2cccnc2N(Cc2ccccc2)C1=O. The van der Waals surface area contributed by atoms with E-state index in [0.717, 1.165) is 5.56 Å². The summed E-state index contributed by atoms with van der Waals surface area (Å²) in [4.78, 5) is 18.5. The molecule has 1 amide bonds. The fourth-order valence-electron chi connectivity index (χ4n) is 2.34. The van der Waals surface area contributed by atoms with Crippen LogP contribution in [0, 0.1) is 0 Å². The van der Waals surface area contributed by atoms with Crippen molar-refractivity contribution in [3.63, 3.8) is 0 Å². The number of carbonyl (C=O) groups excluding carboxylic acids is 1. The first kappa shape index (κ1) is 12.7. The molecule has 0 fully saturated rings. The van der Waals surface area contributed by atoms with E-state index in [1.807, 2.05) is 49.4 Å². The van der Waals surface area contributed by atoms with Crippen molar-refractivity contribution in [3.05, 3.63) is 54.2 Å².